The Balaban J connectivity index is 2.13. The number of rotatable bonds is 3. The molecule has 0 aromatic heterocycles. The van der Waals surface area contributed by atoms with Crippen LogP contribution < -0.4 is 5.32 Å². The predicted octanol–water partition coefficient (Wildman–Crippen LogP) is 3.14. The summed E-state index contributed by atoms with van der Waals surface area (Å²) in [5.74, 6) is -2.37. The van der Waals surface area contributed by atoms with Crippen LogP contribution in [0.2, 0.25) is 0 Å². The number of carbonyl (C=O) groups is 1. The van der Waals surface area contributed by atoms with Crippen LogP contribution in [0.25, 0.3) is 0 Å². The van der Waals surface area contributed by atoms with Gasteiger partial charge in [-0.2, -0.15) is 13.2 Å². The fourth-order valence-corrected chi connectivity index (χ4v) is 2.47. The second kappa shape index (κ2) is 6.01. The van der Waals surface area contributed by atoms with Crippen molar-refractivity contribution >= 4 is 5.91 Å². The molecule has 0 saturated heterocycles. The Bertz CT molecular complexity index is 530. The largest absolute Gasteiger partial charge is 0.419 e. The van der Waals surface area contributed by atoms with Crippen LogP contribution >= 0.6 is 0 Å². The Morgan fingerprint density at radius 3 is 2.62 bits per heavy atom. The Morgan fingerprint density at radius 1 is 1.33 bits per heavy atom. The van der Waals surface area contributed by atoms with Crippen LogP contribution in [0, 0.1) is 5.82 Å². The van der Waals surface area contributed by atoms with E-state index in [1.807, 2.05) is 0 Å². The minimum Gasteiger partial charge on any atom is -0.381 e. The van der Waals surface area contributed by atoms with E-state index in [1.54, 1.807) is 7.11 Å². The van der Waals surface area contributed by atoms with E-state index in [-0.39, 0.29) is 12.1 Å². The standard InChI is InChI=1S/C14H15F4NO2/c1-21-9-6-5-8(7-9)19-13(20)10-3-2-4-11(12(10)15)14(16,17)18/h2-4,8-9H,5-7H2,1H3,(H,19,20). The van der Waals surface area contributed by atoms with Crippen molar-refractivity contribution in [3.05, 3.63) is 35.1 Å². The first-order valence-corrected chi connectivity index (χ1v) is 6.52. The summed E-state index contributed by atoms with van der Waals surface area (Å²) in [7, 11) is 1.56. The van der Waals surface area contributed by atoms with Crippen molar-refractivity contribution in [1.82, 2.24) is 5.32 Å². The maximum absolute atomic E-state index is 13.8. The van der Waals surface area contributed by atoms with Gasteiger partial charge < -0.3 is 10.1 Å². The maximum Gasteiger partial charge on any atom is 0.419 e. The number of benzene rings is 1. The first-order valence-electron chi connectivity index (χ1n) is 6.52. The molecule has 2 atom stereocenters. The molecule has 0 radical (unpaired) electrons. The second-order valence-corrected chi connectivity index (χ2v) is 5.01. The minimum absolute atomic E-state index is 0.0154. The summed E-state index contributed by atoms with van der Waals surface area (Å²) in [6.07, 6.45) is -2.82. The van der Waals surface area contributed by atoms with Crippen molar-refractivity contribution in [3.8, 4) is 0 Å². The van der Waals surface area contributed by atoms with E-state index < -0.39 is 29.0 Å². The number of methoxy groups -OCH3 is 1. The molecule has 1 fully saturated rings. The Kier molecular flexibility index (Phi) is 4.51. The fourth-order valence-electron chi connectivity index (χ4n) is 2.47. The Labute approximate surface area is 119 Å². The summed E-state index contributed by atoms with van der Waals surface area (Å²) in [4.78, 5) is 11.9. The molecule has 21 heavy (non-hydrogen) atoms. The van der Waals surface area contributed by atoms with Gasteiger partial charge in [0, 0.05) is 13.2 Å². The predicted molar refractivity (Wildman–Crippen MR) is 67.3 cm³/mol. The highest BCUT2D eigenvalue weighted by Crippen LogP contribution is 2.32. The SMILES string of the molecule is COC1CCC(NC(=O)c2cccc(C(F)(F)F)c2F)C1. The van der Waals surface area contributed by atoms with Gasteiger partial charge in [-0.15, -0.1) is 0 Å². The molecule has 1 aromatic rings. The summed E-state index contributed by atoms with van der Waals surface area (Å²) >= 11 is 0. The van der Waals surface area contributed by atoms with Crippen molar-refractivity contribution in [2.24, 2.45) is 0 Å². The lowest BCUT2D eigenvalue weighted by atomic mass is 10.1. The van der Waals surface area contributed by atoms with Gasteiger partial charge in [-0.25, -0.2) is 4.39 Å². The molecule has 0 aliphatic heterocycles. The molecule has 1 saturated carbocycles. The zero-order valence-corrected chi connectivity index (χ0v) is 11.3. The molecule has 0 heterocycles. The average Bonchev–Trinajstić information content (AvgIpc) is 2.85. The summed E-state index contributed by atoms with van der Waals surface area (Å²) in [6.45, 7) is 0. The molecular weight excluding hydrogens is 290 g/mol. The van der Waals surface area contributed by atoms with Crippen LogP contribution in [0.1, 0.15) is 35.2 Å². The molecule has 2 unspecified atom stereocenters. The second-order valence-electron chi connectivity index (χ2n) is 5.01. The third kappa shape index (κ3) is 3.53. The lowest BCUT2D eigenvalue weighted by Crippen LogP contribution is -2.34. The molecule has 116 valence electrons. The van der Waals surface area contributed by atoms with Crippen molar-refractivity contribution in [1.29, 1.82) is 0 Å². The summed E-state index contributed by atoms with van der Waals surface area (Å²) in [5.41, 5.74) is -2.03. The van der Waals surface area contributed by atoms with Gasteiger partial charge in [0.2, 0.25) is 0 Å². The van der Waals surface area contributed by atoms with Crippen LogP contribution in [0.4, 0.5) is 17.6 Å². The quantitative estimate of drug-likeness (QED) is 0.871. The Morgan fingerprint density at radius 2 is 2.05 bits per heavy atom. The molecule has 0 bridgehead atoms. The molecular formula is C14H15F4NO2. The molecule has 1 N–H and O–H groups in total. The Hall–Kier alpha value is -1.63. The number of hydrogen-bond acceptors (Lipinski definition) is 2. The number of amides is 1. The summed E-state index contributed by atoms with van der Waals surface area (Å²) < 4.78 is 56.8. The number of alkyl halides is 3. The molecule has 3 nitrogen and oxygen atoms in total. The summed E-state index contributed by atoms with van der Waals surface area (Å²) in [6, 6.07) is 2.47. The topological polar surface area (TPSA) is 38.3 Å². The molecule has 0 spiro atoms. The third-order valence-electron chi connectivity index (χ3n) is 3.60. The van der Waals surface area contributed by atoms with E-state index in [0.717, 1.165) is 18.6 Å². The van der Waals surface area contributed by atoms with E-state index in [0.29, 0.717) is 18.9 Å². The van der Waals surface area contributed by atoms with Crippen molar-refractivity contribution in [3.63, 3.8) is 0 Å². The monoisotopic (exact) mass is 305 g/mol. The van der Waals surface area contributed by atoms with Crippen LogP contribution in [0.15, 0.2) is 18.2 Å². The lowest BCUT2D eigenvalue weighted by Gasteiger charge is -2.15. The van der Waals surface area contributed by atoms with Crippen LogP contribution in [0.5, 0.6) is 0 Å². The molecule has 1 aliphatic carbocycles. The van der Waals surface area contributed by atoms with Gasteiger partial charge in [-0.1, -0.05) is 6.07 Å². The highest BCUT2D eigenvalue weighted by Gasteiger charge is 2.36. The highest BCUT2D eigenvalue weighted by molar-refractivity contribution is 5.94. The van der Waals surface area contributed by atoms with E-state index in [1.165, 1.54) is 0 Å². The van der Waals surface area contributed by atoms with Crippen molar-refractivity contribution in [2.75, 3.05) is 7.11 Å². The van der Waals surface area contributed by atoms with E-state index in [4.69, 9.17) is 4.74 Å². The smallest absolute Gasteiger partial charge is 0.381 e. The molecule has 1 amide bonds. The van der Waals surface area contributed by atoms with E-state index >= 15 is 0 Å². The summed E-state index contributed by atoms with van der Waals surface area (Å²) in [5, 5.41) is 2.55. The van der Waals surface area contributed by atoms with Gasteiger partial charge in [0.1, 0.15) is 5.82 Å². The van der Waals surface area contributed by atoms with Gasteiger partial charge in [0.15, 0.2) is 0 Å². The fraction of sp³-hybridized carbons (Fsp3) is 0.500. The molecule has 7 heteroatoms. The van der Waals surface area contributed by atoms with Crippen molar-refractivity contribution in [2.45, 2.75) is 37.6 Å². The third-order valence-corrected chi connectivity index (χ3v) is 3.60. The van der Waals surface area contributed by atoms with Gasteiger partial charge >= 0.3 is 6.18 Å². The number of halogens is 4. The number of carbonyl (C=O) groups excluding carboxylic acids is 1. The number of hydrogen-bond donors (Lipinski definition) is 1. The zero-order valence-electron chi connectivity index (χ0n) is 11.3. The van der Waals surface area contributed by atoms with Crippen LogP contribution in [-0.4, -0.2) is 25.2 Å². The first-order chi connectivity index (χ1) is 9.82. The normalized spacial score (nSPS) is 22.3. The lowest BCUT2D eigenvalue weighted by molar-refractivity contribution is -0.140. The van der Waals surface area contributed by atoms with Crippen molar-refractivity contribution < 1.29 is 27.1 Å². The average molecular weight is 305 g/mol. The van der Waals surface area contributed by atoms with Gasteiger partial charge in [0.25, 0.3) is 5.91 Å². The van der Waals surface area contributed by atoms with E-state index in [2.05, 4.69) is 5.32 Å². The van der Waals surface area contributed by atoms with Gasteiger partial charge in [-0.3, -0.25) is 4.79 Å². The highest BCUT2D eigenvalue weighted by atomic mass is 19.4. The molecule has 2 rings (SSSR count). The van der Waals surface area contributed by atoms with Crippen LogP contribution in [0.3, 0.4) is 0 Å². The number of nitrogens with one attached hydrogen (secondary N) is 1. The number of ether oxygens (including phenoxy) is 1. The minimum atomic E-state index is -4.82. The van der Waals surface area contributed by atoms with Crippen LogP contribution in [-0.2, 0) is 10.9 Å². The molecule has 1 aromatic carbocycles. The van der Waals surface area contributed by atoms with Gasteiger partial charge in [0.05, 0.1) is 17.2 Å². The maximum atomic E-state index is 13.8. The molecule has 1 aliphatic rings. The van der Waals surface area contributed by atoms with Gasteiger partial charge in [-0.05, 0) is 31.4 Å². The van der Waals surface area contributed by atoms with E-state index in [9.17, 15) is 22.4 Å². The zero-order chi connectivity index (χ0) is 15.6. The first kappa shape index (κ1) is 15.8.